The number of hydrogen-bond donors (Lipinski definition) is 2. The molecule has 164 valence electrons. The molecule has 7 nitrogen and oxygen atoms in total. The van der Waals surface area contributed by atoms with Gasteiger partial charge in [-0.25, -0.2) is 0 Å². The van der Waals surface area contributed by atoms with E-state index in [2.05, 4.69) is 10.6 Å². The van der Waals surface area contributed by atoms with Gasteiger partial charge >= 0.3 is 0 Å². The second kappa shape index (κ2) is 8.55. The highest BCUT2D eigenvalue weighted by atomic mass is 16.5. The van der Waals surface area contributed by atoms with Crippen molar-refractivity contribution in [2.24, 2.45) is 0 Å². The van der Waals surface area contributed by atoms with E-state index < -0.39 is 11.8 Å². The minimum absolute atomic E-state index is 0.0213. The summed E-state index contributed by atoms with van der Waals surface area (Å²) < 4.78 is 17.1. The summed E-state index contributed by atoms with van der Waals surface area (Å²) in [5.74, 6) is -0.349. The summed E-state index contributed by atoms with van der Waals surface area (Å²) in [6.07, 6.45) is 0. The average Bonchev–Trinajstić information content (AvgIpc) is 3.43. The molecule has 2 aromatic heterocycles. The number of para-hydroxylation sites is 4. The molecule has 5 aromatic rings. The fourth-order valence-electron chi connectivity index (χ4n) is 3.63. The van der Waals surface area contributed by atoms with E-state index in [1.807, 2.05) is 31.2 Å². The fourth-order valence-corrected chi connectivity index (χ4v) is 3.63. The van der Waals surface area contributed by atoms with E-state index in [0.29, 0.717) is 34.6 Å². The van der Waals surface area contributed by atoms with Gasteiger partial charge in [0.05, 0.1) is 12.3 Å². The molecular weight excluding hydrogens is 420 g/mol. The van der Waals surface area contributed by atoms with E-state index in [4.69, 9.17) is 13.6 Å². The van der Waals surface area contributed by atoms with Crippen LogP contribution in [0.15, 0.2) is 87.7 Å². The molecule has 0 aliphatic rings. The van der Waals surface area contributed by atoms with Crippen LogP contribution in [0.3, 0.4) is 0 Å². The number of anilines is 2. The Labute approximate surface area is 188 Å². The fraction of sp³-hybridized carbons (Fsp3) is 0.0769. The van der Waals surface area contributed by atoms with Crippen LogP contribution in [-0.2, 0) is 0 Å². The van der Waals surface area contributed by atoms with Gasteiger partial charge in [-0.15, -0.1) is 0 Å². The number of carbonyl (C=O) groups excluding carboxylic acids is 2. The zero-order valence-corrected chi connectivity index (χ0v) is 17.8. The number of amides is 2. The van der Waals surface area contributed by atoms with Gasteiger partial charge in [0, 0.05) is 10.8 Å². The van der Waals surface area contributed by atoms with Gasteiger partial charge < -0.3 is 24.2 Å². The molecular formula is C26H20N2O5. The molecule has 0 saturated heterocycles. The van der Waals surface area contributed by atoms with Gasteiger partial charge in [0.2, 0.25) is 5.76 Å². The maximum absolute atomic E-state index is 13.2. The molecule has 2 heterocycles. The van der Waals surface area contributed by atoms with Gasteiger partial charge in [-0.1, -0.05) is 42.5 Å². The van der Waals surface area contributed by atoms with E-state index in [-0.39, 0.29) is 17.2 Å². The number of nitrogens with one attached hydrogen (secondary N) is 2. The van der Waals surface area contributed by atoms with Crippen molar-refractivity contribution < 1.29 is 23.2 Å². The minimum atomic E-state index is -0.516. The Morgan fingerprint density at radius 2 is 1.55 bits per heavy atom. The minimum Gasteiger partial charge on any atom is -0.492 e. The Bertz CT molecular complexity index is 1450. The second-order valence-corrected chi connectivity index (χ2v) is 7.29. The summed E-state index contributed by atoms with van der Waals surface area (Å²) in [6, 6.07) is 23.2. The third-order valence-corrected chi connectivity index (χ3v) is 5.12. The lowest BCUT2D eigenvalue weighted by Gasteiger charge is -2.11. The quantitative estimate of drug-likeness (QED) is 0.334. The zero-order chi connectivity index (χ0) is 22.8. The molecule has 0 atom stereocenters. The maximum Gasteiger partial charge on any atom is 0.293 e. The Kier molecular flexibility index (Phi) is 5.28. The number of hydrogen-bond acceptors (Lipinski definition) is 5. The molecule has 0 bridgehead atoms. The van der Waals surface area contributed by atoms with Crippen LogP contribution in [0, 0.1) is 0 Å². The number of carbonyl (C=O) groups is 2. The molecule has 0 aliphatic carbocycles. The smallest absolute Gasteiger partial charge is 0.293 e. The van der Waals surface area contributed by atoms with Crippen molar-refractivity contribution in [3.63, 3.8) is 0 Å². The van der Waals surface area contributed by atoms with Gasteiger partial charge in [-0.05, 0) is 43.3 Å². The normalized spacial score (nSPS) is 10.9. The van der Waals surface area contributed by atoms with E-state index in [0.717, 1.165) is 5.39 Å². The van der Waals surface area contributed by atoms with Crippen molar-refractivity contribution in [3.8, 4) is 5.75 Å². The van der Waals surface area contributed by atoms with Crippen molar-refractivity contribution in [1.29, 1.82) is 0 Å². The third-order valence-electron chi connectivity index (χ3n) is 5.12. The largest absolute Gasteiger partial charge is 0.492 e. The highest BCUT2D eigenvalue weighted by Crippen LogP contribution is 2.33. The van der Waals surface area contributed by atoms with Crippen LogP contribution in [0.5, 0.6) is 5.75 Å². The van der Waals surface area contributed by atoms with Crippen LogP contribution in [0.25, 0.3) is 21.9 Å². The Morgan fingerprint density at radius 1 is 0.818 bits per heavy atom. The first kappa shape index (κ1) is 20.4. The average molecular weight is 440 g/mol. The van der Waals surface area contributed by atoms with Crippen LogP contribution in [0.4, 0.5) is 11.4 Å². The van der Waals surface area contributed by atoms with Crippen molar-refractivity contribution in [2.75, 3.05) is 17.2 Å². The van der Waals surface area contributed by atoms with Crippen molar-refractivity contribution in [2.45, 2.75) is 6.92 Å². The summed E-state index contributed by atoms with van der Waals surface area (Å²) >= 11 is 0. The van der Waals surface area contributed by atoms with E-state index in [9.17, 15) is 9.59 Å². The predicted octanol–water partition coefficient (Wildman–Crippen LogP) is 6.08. The molecule has 2 N–H and O–H groups in total. The number of ether oxygens (including phenoxy) is 1. The van der Waals surface area contributed by atoms with Gasteiger partial charge in [0.15, 0.2) is 5.76 Å². The number of furan rings is 2. The molecule has 0 unspecified atom stereocenters. The monoisotopic (exact) mass is 440 g/mol. The van der Waals surface area contributed by atoms with Crippen molar-refractivity contribution in [3.05, 3.63) is 90.4 Å². The molecule has 5 rings (SSSR count). The number of fused-ring (bicyclic) bond motifs is 2. The molecule has 0 spiro atoms. The summed E-state index contributed by atoms with van der Waals surface area (Å²) in [7, 11) is 0. The van der Waals surface area contributed by atoms with E-state index in [1.165, 1.54) is 0 Å². The van der Waals surface area contributed by atoms with E-state index >= 15 is 0 Å². The lowest BCUT2D eigenvalue weighted by atomic mass is 10.2. The van der Waals surface area contributed by atoms with E-state index in [1.54, 1.807) is 54.6 Å². The van der Waals surface area contributed by atoms with Crippen LogP contribution in [-0.4, -0.2) is 18.4 Å². The SMILES string of the molecule is CCOc1ccccc1NC(=O)c1oc2ccccc2c1NC(=O)c1cc2ccccc2o1. The number of benzene rings is 3. The van der Waals surface area contributed by atoms with Crippen LogP contribution in [0.1, 0.15) is 28.0 Å². The highest BCUT2D eigenvalue weighted by molar-refractivity contribution is 6.17. The van der Waals surface area contributed by atoms with Gasteiger partial charge in [0.1, 0.15) is 22.6 Å². The first-order valence-corrected chi connectivity index (χ1v) is 10.5. The molecule has 3 aromatic carbocycles. The van der Waals surface area contributed by atoms with Crippen molar-refractivity contribution >= 4 is 45.1 Å². The summed E-state index contributed by atoms with van der Waals surface area (Å²) in [4.78, 5) is 26.2. The van der Waals surface area contributed by atoms with Crippen LogP contribution < -0.4 is 15.4 Å². The third kappa shape index (κ3) is 3.92. The molecule has 0 radical (unpaired) electrons. The molecule has 0 saturated carbocycles. The highest BCUT2D eigenvalue weighted by Gasteiger charge is 2.24. The lowest BCUT2D eigenvalue weighted by Crippen LogP contribution is -2.17. The summed E-state index contributed by atoms with van der Waals surface area (Å²) in [6.45, 7) is 2.32. The maximum atomic E-state index is 13.2. The molecule has 7 heteroatoms. The number of rotatable bonds is 6. The predicted molar refractivity (Wildman–Crippen MR) is 126 cm³/mol. The molecule has 0 aliphatic heterocycles. The first-order chi connectivity index (χ1) is 16.1. The molecule has 0 fully saturated rings. The summed E-state index contributed by atoms with van der Waals surface area (Å²) in [5, 5.41) is 7.03. The Balaban J connectivity index is 1.50. The standard InChI is InChI=1S/C26H20N2O5/c1-2-31-21-14-8-5-11-18(21)27-26(30)24-23(17-10-4-7-13-20(17)33-24)28-25(29)22-15-16-9-3-6-12-19(16)32-22/h3-15H,2H2,1H3,(H,27,30)(H,28,29). The van der Waals surface area contributed by atoms with Gasteiger partial charge in [-0.2, -0.15) is 0 Å². The molecule has 2 amide bonds. The molecule has 33 heavy (non-hydrogen) atoms. The Hall–Kier alpha value is -4.52. The lowest BCUT2D eigenvalue weighted by molar-refractivity contribution is 0.0997. The van der Waals surface area contributed by atoms with Crippen LogP contribution in [0.2, 0.25) is 0 Å². The van der Waals surface area contributed by atoms with Crippen LogP contribution >= 0.6 is 0 Å². The second-order valence-electron chi connectivity index (χ2n) is 7.29. The van der Waals surface area contributed by atoms with Crippen molar-refractivity contribution in [1.82, 2.24) is 0 Å². The zero-order valence-electron chi connectivity index (χ0n) is 17.8. The topological polar surface area (TPSA) is 93.7 Å². The summed E-state index contributed by atoms with van der Waals surface area (Å²) in [5.41, 5.74) is 1.84. The first-order valence-electron chi connectivity index (χ1n) is 10.5. The van der Waals surface area contributed by atoms with Gasteiger partial charge in [0.25, 0.3) is 11.8 Å². The Morgan fingerprint density at radius 3 is 2.36 bits per heavy atom. The van der Waals surface area contributed by atoms with Gasteiger partial charge in [-0.3, -0.25) is 9.59 Å².